The van der Waals surface area contributed by atoms with E-state index in [9.17, 15) is 14.7 Å². The van der Waals surface area contributed by atoms with Crippen molar-refractivity contribution in [1.82, 2.24) is 10.2 Å². The van der Waals surface area contributed by atoms with Gasteiger partial charge in [-0.15, -0.1) is 10.2 Å². The van der Waals surface area contributed by atoms with Crippen LogP contribution in [0.25, 0.3) is 0 Å². The number of benzene rings is 1. The first-order valence-electron chi connectivity index (χ1n) is 9.83. The smallest absolute Gasteiger partial charge is 0.316 e. The topological polar surface area (TPSA) is 108 Å². The van der Waals surface area contributed by atoms with Gasteiger partial charge in [-0.2, -0.15) is 0 Å². The highest BCUT2D eigenvalue weighted by Crippen LogP contribution is 2.40. The van der Waals surface area contributed by atoms with Gasteiger partial charge >= 0.3 is 5.97 Å². The number of hydrogen-bond acceptors (Lipinski definition) is 11. The van der Waals surface area contributed by atoms with Crippen molar-refractivity contribution in [3.8, 4) is 17.2 Å². The zero-order valence-electron chi connectivity index (χ0n) is 17.7. The molecule has 0 saturated carbocycles. The molecule has 2 aromatic rings. The molecule has 31 heavy (non-hydrogen) atoms. The third-order valence-corrected chi connectivity index (χ3v) is 6.95. The predicted molar refractivity (Wildman–Crippen MR) is 122 cm³/mol. The summed E-state index contributed by atoms with van der Waals surface area (Å²) in [6, 6.07) is 3.18. The van der Waals surface area contributed by atoms with Crippen molar-refractivity contribution in [2.24, 2.45) is 0 Å². The number of aromatic hydroxyl groups is 1. The second-order valence-corrected chi connectivity index (χ2v) is 9.71. The Labute approximate surface area is 194 Å². The van der Waals surface area contributed by atoms with Gasteiger partial charge in [-0.25, -0.2) is 0 Å². The minimum absolute atomic E-state index is 0.186. The molecule has 1 N–H and O–H groups in total. The average molecular weight is 487 g/mol. The third-order valence-electron chi connectivity index (χ3n) is 3.70. The molecule has 0 amide bonds. The first-order valence-corrected chi connectivity index (χ1v) is 12.6. The van der Waals surface area contributed by atoms with Gasteiger partial charge in [-0.3, -0.25) is 9.59 Å². The fourth-order valence-electron chi connectivity index (χ4n) is 2.33. The second-order valence-electron chi connectivity index (χ2n) is 6.17. The molecule has 170 valence electrons. The van der Waals surface area contributed by atoms with Gasteiger partial charge in [0.2, 0.25) is 5.75 Å². The van der Waals surface area contributed by atoms with E-state index in [0.717, 1.165) is 27.3 Å². The van der Waals surface area contributed by atoms with Crippen molar-refractivity contribution in [3.63, 3.8) is 0 Å². The number of thioether (sulfide) groups is 2. The molecular formula is C20H26N2O6S3. The lowest BCUT2D eigenvalue weighted by molar-refractivity contribution is -0.139. The van der Waals surface area contributed by atoms with Crippen molar-refractivity contribution in [3.05, 3.63) is 17.7 Å². The number of ether oxygens (including phenoxy) is 3. The minimum atomic E-state index is -0.265. The van der Waals surface area contributed by atoms with Crippen molar-refractivity contribution < 1.29 is 28.9 Å². The van der Waals surface area contributed by atoms with Gasteiger partial charge in [0.15, 0.2) is 26.0 Å². The Morgan fingerprint density at radius 3 is 2.52 bits per heavy atom. The number of hydrogen-bond donors (Lipinski definition) is 1. The van der Waals surface area contributed by atoms with E-state index in [2.05, 4.69) is 10.2 Å². The fraction of sp³-hybridized carbons (Fsp3) is 0.500. The quantitative estimate of drug-likeness (QED) is 0.178. The molecule has 0 saturated heterocycles. The van der Waals surface area contributed by atoms with E-state index in [1.807, 2.05) is 6.92 Å². The van der Waals surface area contributed by atoms with Crippen molar-refractivity contribution >= 4 is 46.6 Å². The number of phenolic OH excluding ortho intramolecular Hbond substituents is 1. The SMILES string of the molecule is CCCOc1c(OCCCSc2nnc(SCC(=O)OCC)s2)ccc(C(C)=O)c1O. The van der Waals surface area contributed by atoms with Crippen LogP contribution in [-0.4, -0.2) is 58.4 Å². The van der Waals surface area contributed by atoms with E-state index in [-0.39, 0.29) is 34.6 Å². The van der Waals surface area contributed by atoms with Gasteiger partial charge in [0.1, 0.15) is 0 Å². The van der Waals surface area contributed by atoms with Crippen LogP contribution >= 0.6 is 34.9 Å². The van der Waals surface area contributed by atoms with E-state index in [1.165, 1.54) is 36.1 Å². The number of carbonyl (C=O) groups is 2. The van der Waals surface area contributed by atoms with Gasteiger partial charge in [0, 0.05) is 5.75 Å². The van der Waals surface area contributed by atoms with Crippen molar-refractivity contribution in [2.75, 3.05) is 31.3 Å². The molecule has 0 fully saturated rings. The van der Waals surface area contributed by atoms with E-state index in [1.54, 1.807) is 24.8 Å². The van der Waals surface area contributed by atoms with Gasteiger partial charge in [-0.1, -0.05) is 41.8 Å². The normalized spacial score (nSPS) is 10.7. The third kappa shape index (κ3) is 8.23. The standard InChI is InChI=1S/C20H26N2O6S3/c1-4-9-28-18-15(8-7-14(13(3)23)17(18)25)27-10-6-11-29-19-21-22-20(31-19)30-12-16(24)26-5-2/h7-8,25H,4-6,9-12H2,1-3H3. The number of Topliss-reactive ketones (excluding diaryl/α,β-unsaturated/α-hetero) is 1. The van der Waals surface area contributed by atoms with Crippen LogP contribution in [-0.2, 0) is 9.53 Å². The molecule has 0 atom stereocenters. The molecule has 1 aromatic carbocycles. The van der Waals surface area contributed by atoms with Crippen LogP contribution in [0.15, 0.2) is 20.8 Å². The van der Waals surface area contributed by atoms with Gasteiger partial charge in [0.05, 0.1) is 31.1 Å². The monoisotopic (exact) mass is 486 g/mol. The highest BCUT2D eigenvalue weighted by Gasteiger charge is 2.18. The maximum atomic E-state index is 11.6. The number of rotatable bonds is 14. The van der Waals surface area contributed by atoms with Crippen LogP contribution in [0.3, 0.4) is 0 Å². The van der Waals surface area contributed by atoms with E-state index >= 15 is 0 Å². The predicted octanol–water partition coefficient (Wildman–Crippen LogP) is 4.45. The summed E-state index contributed by atoms with van der Waals surface area (Å²) in [5.74, 6) is 0.911. The number of nitrogens with zero attached hydrogens (tertiary/aromatic N) is 2. The Morgan fingerprint density at radius 2 is 1.84 bits per heavy atom. The summed E-state index contributed by atoms with van der Waals surface area (Å²) >= 11 is 4.31. The first kappa shape index (κ1) is 25.3. The Hall–Kier alpha value is -1.98. The van der Waals surface area contributed by atoms with Crippen molar-refractivity contribution in [2.45, 2.75) is 42.3 Å². The molecule has 1 aromatic heterocycles. The zero-order chi connectivity index (χ0) is 22.6. The maximum absolute atomic E-state index is 11.6. The van der Waals surface area contributed by atoms with Crippen LogP contribution in [0.4, 0.5) is 0 Å². The molecule has 1 heterocycles. The summed E-state index contributed by atoms with van der Waals surface area (Å²) < 4.78 is 17.8. The van der Waals surface area contributed by atoms with Gasteiger partial charge < -0.3 is 19.3 Å². The number of esters is 1. The number of ketones is 1. The zero-order valence-corrected chi connectivity index (χ0v) is 20.2. The maximum Gasteiger partial charge on any atom is 0.316 e. The van der Waals surface area contributed by atoms with Crippen molar-refractivity contribution in [1.29, 1.82) is 0 Å². The summed E-state index contributed by atoms with van der Waals surface area (Å²) in [5, 5.41) is 18.5. The minimum Gasteiger partial charge on any atom is -0.504 e. The summed E-state index contributed by atoms with van der Waals surface area (Å²) in [7, 11) is 0. The van der Waals surface area contributed by atoms with E-state index in [4.69, 9.17) is 14.2 Å². The first-order chi connectivity index (χ1) is 15.0. The van der Waals surface area contributed by atoms with Crippen LogP contribution in [0.5, 0.6) is 17.2 Å². The molecule has 2 rings (SSSR count). The molecule has 0 bridgehead atoms. The molecule has 8 nitrogen and oxygen atoms in total. The second kappa shape index (κ2) is 13.4. The molecule has 0 spiro atoms. The van der Waals surface area contributed by atoms with E-state index in [0.29, 0.717) is 25.6 Å². The Morgan fingerprint density at radius 1 is 1.10 bits per heavy atom. The molecule has 0 unspecified atom stereocenters. The fourth-order valence-corrected chi connectivity index (χ4v) is 5.13. The molecule has 0 radical (unpaired) electrons. The summed E-state index contributed by atoms with van der Waals surface area (Å²) in [6.45, 7) is 6.31. The number of aromatic nitrogens is 2. The number of carbonyl (C=O) groups excluding carboxylic acids is 2. The van der Waals surface area contributed by atoms with Gasteiger partial charge in [0.25, 0.3) is 0 Å². The van der Waals surface area contributed by atoms with Crippen LogP contribution in [0.2, 0.25) is 0 Å². The average Bonchev–Trinajstić information content (AvgIpc) is 3.19. The molecule has 0 aliphatic heterocycles. The van der Waals surface area contributed by atoms with Crippen LogP contribution in [0, 0.1) is 0 Å². The number of phenols is 1. The lowest BCUT2D eigenvalue weighted by atomic mass is 10.1. The Bertz CT molecular complexity index is 875. The lowest BCUT2D eigenvalue weighted by Crippen LogP contribution is -2.06. The van der Waals surface area contributed by atoms with Crippen LogP contribution < -0.4 is 9.47 Å². The van der Waals surface area contributed by atoms with E-state index < -0.39 is 0 Å². The van der Waals surface area contributed by atoms with Crippen LogP contribution in [0.1, 0.15) is 44.0 Å². The molecule has 0 aliphatic rings. The summed E-state index contributed by atoms with van der Waals surface area (Å²) in [6.07, 6.45) is 1.50. The summed E-state index contributed by atoms with van der Waals surface area (Å²) in [5.41, 5.74) is 0.210. The highest BCUT2D eigenvalue weighted by molar-refractivity contribution is 8.03. The van der Waals surface area contributed by atoms with Gasteiger partial charge in [-0.05, 0) is 38.8 Å². The largest absolute Gasteiger partial charge is 0.504 e. The molecular weight excluding hydrogens is 460 g/mol. The molecule has 11 heteroatoms. The molecule has 0 aliphatic carbocycles. The highest BCUT2D eigenvalue weighted by atomic mass is 32.2. The summed E-state index contributed by atoms with van der Waals surface area (Å²) in [4.78, 5) is 23.0. The lowest BCUT2D eigenvalue weighted by Gasteiger charge is -2.15. The Balaban J connectivity index is 1.80. The Kier molecular flexibility index (Phi) is 11.0.